The number of carbonyl (C=O) groups excluding carboxylic acids is 1. The van der Waals surface area contributed by atoms with Gasteiger partial charge in [0.15, 0.2) is 0 Å². The highest BCUT2D eigenvalue weighted by Crippen LogP contribution is 2.23. The Kier molecular flexibility index (Phi) is 7.48. The summed E-state index contributed by atoms with van der Waals surface area (Å²) in [6, 6.07) is 19.9. The van der Waals surface area contributed by atoms with Crippen molar-refractivity contribution in [3.05, 3.63) is 99.0 Å². The van der Waals surface area contributed by atoms with E-state index in [1.165, 1.54) is 10.6 Å². The van der Waals surface area contributed by atoms with Gasteiger partial charge in [-0.1, -0.05) is 46.3 Å². The summed E-state index contributed by atoms with van der Waals surface area (Å²) in [6.07, 6.45) is 2.75. The first-order valence-electron chi connectivity index (χ1n) is 9.86. The predicted molar refractivity (Wildman–Crippen MR) is 133 cm³/mol. The zero-order chi connectivity index (χ0) is 23.3. The second-order valence-corrected chi connectivity index (χ2v) is 10.3. The van der Waals surface area contributed by atoms with E-state index in [0.717, 1.165) is 26.7 Å². The fourth-order valence-electron chi connectivity index (χ4n) is 3.02. The normalized spacial score (nSPS) is 11.5. The molecule has 3 aromatic carbocycles. The molecule has 0 spiro atoms. The maximum absolute atomic E-state index is 12.4. The smallest absolute Gasteiger partial charge is 0.267 e. The molecule has 0 unspecified atom stereocenters. The first-order valence-corrected chi connectivity index (χ1v) is 12.5. The van der Waals surface area contributed by atoms with E-state index in [1.54, 1.807) is 36.5 Å². The third kappa shape index (κ3) is 6.27. The minimum absolute atomic E-state index is 0.171. The van der Waals surface area contributed by atoms with E-state index in [-0.39, 0.29) is 12.5 Å². The van der Waals surface area contributed by atoms with E-state index in [9.17, 15) is 13.2 Å². The molecule has 0 radical (unpaired) electrons. The van der Waals surface area contributed by atoms with Crippen LogP contribution in [0.25, 0.3) is 0 Å². The van der Waals surface area contributed by atoms with Crippen molar-refractivity contribution in [2.24, 2.45) is 5.10 Å². The van der Waals surface area contributed by atoms with Gasteiger partial charge in [-0.3, -0.25) is 9.10 Å². The van der Waals surface area contributed by atoms with Crippen LogP contribution in [-0.2, 0) is 16.6 Å². The van der Waals surface area contributed by atoms with Gasteiger partial charge in [-0.2, -0.15) is 5.10 Å². The Morgan fingerprint density at radius 3 is 2.38 bits per heavy atom. The molecule has 8 heteroatoms. The molecule has 0 aliphatic heterocycles. The molecule has 0 aliphatic rings. The number of hydrazone groups is 1. The average Bonchev–Trinajstić information content (AvgIpc) is 2.74. The van der Waals surface area contributed by atoms with Crippen molar-refractivity contribution in [2.45, 2.75) is 20.4 Å². The number of nitrogens with one attached hydrogen (secondary N) is 1. The minimum atomic E-state index is -3.48. The number of halogens is 1. The van der Waals surface area contributed by atoms with Crippen LogP contribution in [0.5, 0.6) is 0 Å². The van der Waals surface area contributed by atoms with Crippen molar-refractivity contribution in [2.75, 3.05) is 10.6 Å². The Bertz CT molecular complexity index is 1260. The molecule has 0 fully saturated rings. The highest BCUT2D eigenvalue weighted by atomic mass is 79.9. The first-order chi connectivity index (χ1) is 15.1. The maximum Gasteiger partial charge on any atom is 0.271 e. The van der Waals surface area contributed by atoms with E-state index in [4.69, 9.17) is 0 Å². The number of hydrogen-bond acceptors (Lipinski definition) is 4. The molecule has 0 saturated heterocycles. The number of sulfonamides is 1. The molecule has 6 nitrogen and oxygen atoms in total. The Morgan fingerprint density at radius 1 is 1.03 bits per heavy atom. The Labute approximate surface area is 197 Å². The molecule has 0 aromatic heterocycles. The molecular weight excluding hydrogens is 490 g/mol. The van der Waals surface area contributed by atoms with Crippen LogP contribution in [0, 0.1) is 13.8 Å². The topological polar surface area (TPSA) is 78.8 Å². The van der Waals surface area contributed by atoms with Crippen LogP contribution >= 0.6 is 15.9 Å². The summed E-state index contributed by atoms with van der Waals surface area (Å²) in [5, 5.41) is 3.98. The predicted octanol–water partition coefficient (Wildman–Crippen LogP) is 4.80. The fraction of sp³-hybridized carbons (Fsp3) is 0.167. The summed E-state index contributed by atoms with van der Waals surface area (Å²) < 4.78 is 27.1. The minimum Gasteiger partial charge on any atom is -0.267 e. The third-order valence-electron chi connectivity index (χ3n) is 4.95. The van der Waals surface area contributed by atoms with Gasteiger partial charge in [0, 0.05) is 10.0 Å². The molecule has 0 bridgehead atoms. The quantitative estimate of drug-likeness (QED) is 0.364. The standard InChI is InChI=1S/C24H24BrN3O3S/c1-17-7-12-23(13-18(17)2)28(32(3,30)31)16-19-8-10-21(11-9-19)24(29)27-26-15-20-5-4-6-22(25)14-20/h4-15H,16H2,1-3H3,(H,27,29)/b26-15-. The molecule has 0 aliphatic carbocycles. The number of nitrogens with zero attached hydrogens (tertiary/aromatic N) is 2. The molecule has 1 N–H and O–H groups in total. The number of rotatable bonds is 7. The van der Waals surface area contributed by atoms with Gasteiger partial charge < -0.3 is 0 Å². The second kappa shape index (κ2) is 10.1. The lowest BCUT2D eigenvalue weighted by Gasteiger charge is -2.23. The summed E-state index contributed by atoms with van der Waals surface area (Å²) in [5.74, 6) is -0.350. The Hall–Kier alpha value is -2.97. The highest BCUT2D eigenvalue weighted by molar-refractivity contribution is 9.10. The van der Waals surface area contributed by atoms with E-state index in [2.05, 4.69) is 26.5 Å². The fourth-order valence-corrected chi connectivity index (χ4v) is 4.32. The van der Waals surface area contributed by atoms with E-state index >= 15 is 0 Å². The van der Waals surface area contributed by atoms with Gasteiger partial charge in [-0.15, -0.1) is 0 Å². The molecule has 0 atom stereocenters. The van der Waals surface area contributed by atoms with Crippen molar-refractivity contribution in [1.29, 1.82) is 0 Å². The van der Waals surface area contributed by atoms with Gasteiger partial charge in [0.2, 0.25) is 10.0 Å². The zero-order valence-electron chi connectivity index (χ0n) is 18.0. The lowest BCUT2D eigenvalue weighted by Crippen LogP contribution is -2.29. The van der Waals surface area contributed by atoms with E-state index < -0.39 is 10.0 Å². The van der Waals surface area contributed by atoms with Crippen molar-refractivity contribution in [3.8, 4) is 0 Å². The van der Waals surface area contributed by atoms with Gasteiger partial charge in [0.1, 0.15) is 0 Å². The van der Waals surface area contributed by atoms with Gasteiger partial charge >= 0.3 is 0 Å². The van der Waals surface area contributed by atoms with Crippen LogP contribution in [0.2, 0.25) is 0 Å². The molecule has 166 valence electrons. The maximum atomic E-state index is 12.4. The van der Waals surface area contributed by atoms with Crippen LogP contribution in [0.4, 0.5) is 5.69 Å². The lowest BCUT2D eigenvalue weighted by atomic mass is 10.1. The SMILES string of the molecule is Cc1ccc(N(Cc2ccc(C(=O)N/N=C\c3cccc(Br)c3)cc2)S(C)(=O)=O)cc1C. The molecule has 32 heavy (non-hydrogen) atoms. The summed E-state index contributed by atoms with van der Waals surface area (Å²) in [5.41, 5.74) is 7.27. The second-order valence-electron chi connectivity index (χ2n) is 7.49. The monoisotopic (exact) mass is 513 g/mol. The molecule has 0 saturated carbocycles. The molecular formula is C24H24BrN3O3S. The van der Waals surface area contributed by atoms with Crippen LogP contribution in [0.1, 0.15) is 32.6 Å². The van der Waals surface area contributed by atoms with Crippen molar-refractivity contribution >= 4 is 43.8 Å². The summed E-state index contributed by atoms with van der Waals surface area (Å²) in [6.45, 7) is 4.10. The number of carbonyl (C=O) groups is 1. The molecule has 1 amide bonds. The zero-order valence-corrected chi connectivity index (χ0v) is 20.4. The van der Waals surface area contributed by atoms with Crippen LogP contribution in [-0.4, -0.2) is 26.8 Å². The number of benzene rings is 3. The number of amides is 1. The largest absolute Gasteiger partial charge is 0.271 e. The Balaban J connectivity index is 1.70. The van der Waals surface area contributed by atoms with Gasteiger partial charge in [-0.25, -0.2) is 13.8 Å². The van der Waals surface area contributed by atoms with E-state index in [0.29, 0.717) is 11.3 Å². The number of aryl methyl sites for hydroxylation is 2. The van der Waals surface area contributed by atoms with Crippen LogP contribution < -0.4 is 9.73 Å². The number of hydrogen-bond donors (Lipinski definition) is 1. The van der Waals surface area contributed by atoms with Crippen LogP contribution in [0.15, 0.2) is 76.3 Å². The van der Waals surface area contributed by atoms with Gasteiger partial charge in [0.05, 0.1) is 24.7 Å². The Morgan fingerprint density at radius 2 is 1.75 bits per heavy atom. The lowest BCUT2D eigenvalue weighted by molar-refractivity contribution is 0.0955. The number of anilines is 1. The van der Waals surface area contributed by atoms with Gasteiger partial charge in [-0.05, 0) is 72.5 Å². The van der Waals surface area contributed by atoms with Crippen molar-refractivity contribution < 1.29 is 13.2 Å². The average molecular weight is 514 g/mol. The van der Waals surface area contributed by atoms with Crippen LogP contribution in [0.3, 0.4) is 0 Å². The molecule has 0 heterocycles. The molecule has 3 rings (SSSR count). The summed E-state index contributed by atoms with van der Waals surface area (Å²) in [4.78, 5) is 12.3. The molecule has 3 aromatic rings. The first kappa shape index (κ1) is 23.7. The van der Waals surface area contributed by atoms with Crippen molar-refractivity contribution in [1.82, 2.24) is 5.43 Å². The summed E-state index contributed by atoms with van der Waals surface area (Å²) in [7, 11) is -3.48. The third-order valence-corrected chi connectivity index (χ3v) is 6.58. The summed E-state index contributed by atoms with van der Waals surface area (Å²) >= 11 is 3.39. The van der Waals surface area contributed by atoms with Crippen molar-refractivity contribution in [3.63, 3.8) is 0 Å². The highest BCUT2D eigenvalue weighted by Gasteiger charge is 2.18. The van der Waals surface area contributed by atoms with E-state index in [1.807, 2.05) is 50.2 Å². The van der Waals surface area contributed by atoms with Gasteiger partial charge in [0.25, 0.3) is 5.91 Å².